The molecule has 1 aromatic heterocycles. The largest absolute Gasteiger partial charge is 0.208 e. The number of aromatic nitrogens is 3. The van der Waals surface area contributed by atoms with Crippen molar-refractivity contribution in [3.8, 4) is 89.8 Å². The van der Waals surface area contributed by atoms with Gasteiger partial charge in [0, 0.05) is 22.1 Å². The van der Waals surface area contributed by atoms with Gasteiger partial charge in [0.1, 0.15) is 0 Å². The summed E-state index contributed by atoms with van der Waals surface area (Å²) >= 11 is 0. The summed E-state index contributed by atoms with van der Waals surface area (Å²) in [6.07, 6.45) is 0. The summed E-state index contributed by atoms with van der Waals surface area (Å²) in [7, 11) is 0. The summed E-state index contributed by atoms with van der Waals surface area (Å²) in [6.45, 7) is 11.8. The van der Waals surface area contributed by atoms with Crippen LogP contribution in [0.5, 0.6) is 0 Å². The molecule has 16 rings (SSSR count). The molecule has 0 aliphatic heterocycles. The molecule has 14 aromatic carbocycles. The fourth-order valence-corrected chi connectivity index (χ4v) is 13.7. The Kier molecular flexibility index (Phi) is 9.65. The highest BCUT2D eigenvalue weighted by Gasteiger charge is 2.35. The normalized spacial score (nSPS) is 13.2. The third-order valence-electron chi connectivity index (χ3n) is 17.5. The Morgan fingerprint density at radius 3 is 1.42 bits per heavy atom. The van der Waals surface area contributed by atoms with E-state index in [-0.39, 0.29) is 10.8 Å². The SMILES string of the molecule is CC(C)(C)c1cc2ccc3ccc4c(-c5cc(-c6ccc(-c7ccc8c(c7)C(C)(C)c7ccccc7-8)c(-c7ccccc7)c6)cc(-c6nc(-c7ccccc7)nc(-c7ccccc7)n6)c5)cc5ccc6ccc1c1c6c5c4c3c21. The molecule has 79 heavy (non-hydrogen) atoms. The highest BCUT2D eigenvalue weighted by Crippen LogP contribution is 2.54. The number of hydrogen-bond acceptors (Lipinski definition) is 3. The van der Waals surface area contributed by atoms with Gasteiger partial charge in [0.05, 0.1) is 0 Å². The lowest BCUT2D eigenvalue weighted by Gasteiger charge is -2.27. The van der Waals surface area contributed by atoms with Crippen molar-refractivity contribution >= 4 is 64.6 Å². The molecule has 0 fully saturated rings. The molecular weight excluding hydrogens is 955 g/mol. The smallest absolute Gasteiger partial charge is 0.164 e. The van der Waals surface area contributed by atoms with Crippen molar-refractivity contribution in [1.29, 1.82) is 0 Å². The highest BCUT2D eigenvalue weighted by molar-refractivity contribution is 6.45. The molecule has 1 aliphatic carbocycles. The molecule has 15 aromatic rings. The van der Waals surface area contributed by atoms with Crippen LogP contribution in [0.15, 0.2) is 231 Å². The Morgan fingerprint density at radius 1 is 0.278 bits per heavy atom. The second-order valence-electron chi connectivity index (χ2n) is 23.5. The molecule has 0 saturated carbocycles. The van der Waals surface area contributed by atoms with Gasteiger partial charge in [0.25, 0.3) is 0 Å². The second-order valence-corrected chi connectivity index (χ2v) is 23.5. The first-order valence-corrected chi connectivity index (χ1v) is 27.7. The Morgan fingerprint density at radius 2 is 0.759 bits per heavy atom. The van der Waals surface area contributed by atoms with E-state index in [1.54, 1.807) is 0 Å². The maximum atomic E-state index is 5.36. The fraction of sp³-hybridized carbons (Fsp3) is 0.0921. The minimum Gasteiger partial charge on any atom is -0.208 e. The Hall–Kier alpha value is -9.57. The van der Waals surface area contributed by atoms with Crippen LogP contribution >= 0.6 is 0 Å². The minimum absolute atomic E-state index is 0.0278. The van der Waals surface area contributed by atoms with Crippen molar-refractivity contribution in [2.45, 2.75) is 45.4 Å². The predicted octanol–water partition coefficient (Wildman–Crippen LogP) is 20.4. The lowest BCUT2D eigenvalue weighted by atomic mass is 9.76. The second kappa shape index (κ2) is 16.7. The van der Waals surface area contributed by atoms with E-state index < -0.39 is 0 Å². The van der Waals surface area contributed by atoms with E-state index in [1.165, 1.54) is 120 Å². The quantitative estimate of drug-likeness (QED) is 0.118. The first-order chi connectivity index (χ1) is 38.5. The summed E-state index contributed by atoms with van der Waals surface area (Å²) in [4.78, 5) is 15.8. The molecule has 0 radical (unpaired) electrons. The number of fused-ring (bicyclic) bond motifs is 3. The number of hydrogen-bond donors (Lipinski definition) is 0. The lowest BCUT2D eigenvalue weighted by Crippen LogP contribution is -2.14. The third kappa shape index (κ3) is 6.88. The molecular formula is C76H53N3. The van der Waals surface area contributed by atoms with Gasteiger partial charge in [-0.25, -0.2) is 15.0 Å². The molecule has 0 bridgehead atoms. The van der Waals surface area contributed by atoms with Crippen molar-refractivity contribution in [3.63, 3.8) is 0 Å². The number of benzene rings is 14. The highest BCUT2D eigenvalue weighted by atomic mass is 15.0. The summed E-state index contributed by atoms with van der Waals surface area (Å²) in [5.74, 6) is 1.88. The Bertz CT molecular complexity index is 4850. The first-order valence-electron chi connectivity index (χ1n) is 27.7. The maximum Gasteiger partial charge on any atom is 0.164 e. The molecule has 3 nitrogen and oxygen atoms in total. The average molecular weight is 1010 g/mol. The molecule has 372 valence electrons. The lowest BCUT2D eigenvalue weighted by molar-refractivity contribution is 0.596. The van der Waals surface area contributed by atoms with E-state index >= 15 is 0 Å². The zero-order valence-corrected chi connectivity index (χ0v) is 44.8. The third-order valence-corrected chi connectivity index (χ3v) is 17.5. The van der Waals surface area contributed by atoms with Gasteiger partial charge in [0.15, 0.2) is 17.5 Å². The first kappa shape index (κ1) is 45.6. The van der Waals surface area contributed by atoms with Gasteiger partial charge >= 0.3 is 0 Å². The van der Waals surface area contributed by atoms with Crippen molar-refractivity contribution in [2.75, 3.05) is 0 Å². The van der Waals surface area contributed by atoms with E-state index in [1.807, 2.05) is 36.4 Å². The van der Waals surface area contributed by atoms with Crippen LogP contribution in [0.25, 0.3) is 154 Å². The van der Waals surface area contributed by atoms with Crippen LogP contribution in [0.4, 0.5) is 0 Å². The zero-order chi connectivity index (χ0) is 52.9. The van der Waals surface area contributed by atoms with Gasteiger partial charge in [-0.2, -0.15) is 0 Å². The van der Waals surface area contributed by atoms with Gasteiger partial charge in [0.2, 0.25) is 0 Å². The Balaban J connectivity index is 0.964. The van der Waals surface area contributed by atoms with Crippen molar-refractivity contribution in [2.24, 2.45) is 0 Å². The van der Waals surface area contributed by atoms with Crippen molar-refractivity contribution in [1.82, 2.24) is 15.0 Å². The summed E-state index contributed by atoms with van der Waals surface area (Å²) < 4.78 is 0. The van der Waals surface area contributed by atoms with Gasteiger partial charge in [-0.05, 0) is 185 Å². The minimum atomic E-state index is -0.121. The van der Waals surface area contributed by atoms with Crippen LogP contribution in [0.2, 0.25) is 0 Å². The molecule has 1 heterocycles. The maximum absolute atomic E-state index is 5.36. The molecule has 0 unspecified atom stereocenters. The monoisotopic (exact) mass is 1010 g/mol. The van der Waals surface area contributed by atoms with Gasteiger partial charge in [-0.15, -0.1) is 0 Å². The molecule has 0 N–H and O–H groups in total. The van der Waals surface area contributed by atoms with Crippen LogP contribution < -0.4 is 0 Å². The molecule has 1 aliphatic rings. The van der Waals surface area contributed by atoms with Crippen LogP contribution in [0.3, 0.4) is 0 Å². The van der Waals surface area contributed by atoms with Gasteiger partial charge < -0.3 is 0 Å². The zero-order valence-electron chi connectivity index (χ0n) is 44.8. The molecule has 0 spiro atoms. The topological polar surface area (TPSA) is 38.7 Å². The van der Waals surface area contributed by atoms with Crippen LogP contribution in [-0.4, -0.2) is 15.0 Å². The molecule has 0 amide bonds. The van der Waals surface area contributed by atoms with Gasteiger partial charge in [-0.3, -0.25) is 0 Å². The van der Waals surface area contributed by atoms with E-state index in [0.29, 0.717) is 17.5 Å². The fourth-order valence-electron chi connectivity index (χ4n) is 13.7. The molecule has 0 atom stereocenters. The number of rotatable bonds is 7. The Labute approximate surface area is 459 Å². The standard InChI is InChI=1S/C76H53N3/c1-75(2,3)64-43-52-28-26-45-29-35-59-62(41-51-27-25-46-30-36-60(64)71-67(46)68(51)70(59)66(45)69(52)71)54-37-53(38-55(39-54)74-78-72(47-19-11-7-12-20-47)77-73(79-74)48-21-13-8-14-22-48)49-31-33-56(61(40-49)44-17-9-6-10-18-44)50-32-34-58-57-23-15-16-24-63(57)76(4,5)65(58)42-50/h6-43H,1-5H3. The van der Waals surface area contributed by atoms with Crippen LogP contribution in [-0.2, 0) is 10.8 Å². The summed E-state index contributed by atoms with van der Waals surface area (Å²) in [6, 6.07) is 85.3. The van der Waals surface area contributed by atoms with E-state index in [4.69, 9.17) is 15.0 Å². The van der Waals surface area contributed by atoms with Crippen molar-refractivity contribution < 1.29 is 0 Å². The number of nitrogens with zero attached hydrogens (tertiary/aromatic N) is 3. The average Bonchev–Trinajstić information content (AvgIpc) is 2.57. The van der Waals surface area contributed by atoms with Crippen LogP contribution in [0, 0.1) is 0 Å². The van der Waals surface area contributed by atoms with E-state index in [0.717, 1.165) is 33.4 Å². The van der Waals surface area contributed by atoms with Crippen molar-refractivity contribution in [3.05, 3.63) is 247 Å². The van der Waals surface area contributed by atoms with E-state index in [9.17, 15) is 0 Å². The van der Waals surface area contributed by atoms with Gasteiger partial charge in [-0.1, -0.05) is 223 Å². The van der Waals surface area contributed by atoms with Crippen LogP contribution in [0.1, 0.15) is 51.3 Å². The van der Waals surface area contributed by atoms with E-state index in [2.05, 4.69) is 229 Å². The molecule has 3 heteroatoms. The summed E-state index contributed by atoms with van der Waals surface area (Å²) in [5, 5.41) is 15.8. The summed E-state index contributed by atoms with van der Waals surface area (Å²) in [5.41, 5.74) is 18.6. The predicted molar refractivity (Wildman–Crippen MR) is 333 cm³/mol. The molecule has 0 saturated heterocycles.